The van der Waals surface area contributed by atoms with Crippen LogP contribution in [0.25, 0.3) is 11.1 Å². The topological polar surface area (TPSA) is 97.1 Å². The van der Waals surface area contributed by atoms with E-state index in [-0.39, 0.29) is 27.5 Å². The first-order valence-electron chi connectivity index (χ1n) is 10.5. The van der Waals surface area contributed by atoms with Gasteiger partial charge in [0, 0.05) is 16.8 Å². The number of carbonyl (C=O) groups is 2. The second kappa shape index (κ2) is 11.0. The predicted molar refractivity (Wildman–Crippen MR) is 127 cm³/mol. The van der Waals surface area contributed by atoms with E-state index in [4.69, 9.17) is 28.9 Å². The maximum absolute atomic E-state index is 14.8. The summed E-state index contributed by atoms with van der Waals surface area (Å²) in [6, 6.07) is 5.86. The third kappa shape index (κ3) is 6.20. The monoisotopic (exact) mass is 618 g/mol. The Balaban J connectivity index is 1.75. The fraction of sp³-hybridized carbons (Fsp3) is 0.174. The molecule has 0 fully saturated rings. The van der Waals surface area contributed by atoms with Crippen molar-refractivity contribution in [2.45, 2.75) is 18.0 Å². The summed E-state index contributed by atoms with van der Waals surface area (Å²) in [5.41, 5.74) is 4.08. The van der Waals surface area contributed by atoms with Crippen LogP contribution in [0.5, 0.6) is 0 Å². The van der Waals surface area contributed by atoms with Gasteiger partial charge in [0.1, 0.15) is 17.3 Å². The Kier molecular flexibility index (Phi) is 8.51. The van der Waals surface area contributed by atoms with Gasteiger partial charge < -0.3 is 16.4 Å². The van der Waals surface area contributed by atoms with Crippen molar-refractivity contribution in [1.82, 2.24) is 10.3 Å². The van der Waals surface area contributed by atoms with E-state index >= 15 is 0 Å². The molecule has 0 radical (unpaired) electrons. The minimum atomic E-state index is -6.59. The molecule has 0 aliphatic heterocycles. The summed E-state index contributed by atoms with van der Waals surface area (Å²) in [4.78, 5) is 28.1. The van der Waals surface area contributed by atoms with Crippen LogP contribution >= 0.6 is 23.2 Å². The summed E-state index contributed by atoms with van der Waals surface area (Å²) in [6.45, 7) is -2.40. The Morgan fingerprint density at radius 2 is 1.52 bits per heavy atom. The number of amides is 2. The number of nitrogen functional groups attached to an aromatic ring is 1. The van der Waals surface area contributed by atoms with Crippen LogP contribution < -0.4 is 16.4 Å². The maximum atomic E-state index is 14.8. The molecule has 0 aliphatic rings. The van der Waals surface area contributed by atoms with Gasteiger partial charge in [0.15, 0.2) is 0 Å². The van der Waals surface area contributed by atoms with Crippen LogP contribution in [0.4, 0.5) is 50.9 Å². The third-order valence-corrected chi connectivity index (χ3v) is 5.81. The Morgan fingerprint density at radius 3 is 2.10 bits per heavy atom. The summed E-state index contributed by atoms with van der Waals surface area (Å²) in [5.74, 6) is -16.4. The molecule has 1 heterocycles. The molecule has 0 aliphatic carbocycles. The number of carbonyl (C=O) groups excluding carboxylic acids is 2. The highest BCUT2D eigenvalue weighted by atomic mass is 35.5. The number of nitrogens with two attached hydrogens (primary N) is 1. The lowest BCUT2D eigenvalue weighted by molar-refractivity contribution is -0.352. The summed E-state index contributed by atoms with van der Waals surface area (Å²) in [6.07, 6.45) is -5.82. The van der Waals surface area contributed by atoms with Gasteiger partial charge in [-0.25, -0.2) is 13.8 Å². The van der Waals surface area contributed by atoms with E-state index in [0.29, 0.717) is 0 Å². The van der Waals surface area contributed by atoms with Gasteiger partial charge in [-0.2, -0.15) is 30.7 Å². The average molecular weight is 619 g/mol. The number of aromatic nitrogens is 1. The number of halogens is 11. The molecule has 0 unspecified atom stereocenters. The van der Waals surface area contributed by atoms with E-state index in [1.165, 1.54) is 11.4 Å². The quantitative estimate of drug-likeness (QED) is 0.202. The molecule has 40 heavy (non-hydrogen) atoms. The third-order valence-electron chi connectivity index (χ3n) is 5.21. The number of hydrogen-bond acceptors (Lipinski definition) is 4. The van der Waals surface area contributed by atoms with Crippen LogP contribution in [0.3, 0.4) is 0 Å². The summed E-state index contributed by atoms with van der Waals surface area (Å²) >= 11 is 11.9. The van der Waals surface area contributed by atoms with Crippen LogP contribution in [0, 0.1) is 11.6 Å². The van der Waals surface area contributed by atoms with E-state index in [1.54, 1.807) is 0 Å². The van der Waals surface area contributed by atoms with E-state index in [0.717, 1.165) is 36.5 Å². The van der Waals surface area contributed by atoms with Crippen molar-refractivity contribution < 1.29 is 49.1 Å². The van der Waals surface area contributed by atoms with E-state index < -0.39 is 64.3 Å². The van der Waals surface area contributed by atoms with E-state index in [2.05, 4.69) is 10.3 Å². The van der Waals surface area contributed by atoms with Gasteiger partial charge in [-0.1, -0.05) is 23.2 Å². The van der Waals surface area contributed by atoms with Gasteiger partial charge in [0.2, 0.25) is 0 Å². The number of benzene rings is 2. The van der Waals surface area contributed by atoms with Gasteiger partial charge in [0.25, 0.3) is 11.8 Å². The molecule has 1 aromatic heterocycles. The minimum Gasteiger partial charge on any atom is -0.398 e. The molecule has 6 nitrogen and oxygen atoms in total. The molecular weight excluding hydrogens is 606 g/mol. The first-order valence-corrected chi connectivity index (χ1v) is 11.2. The molecular formula is C23H13Cl2F9N4O2. The van der Waals surface area contributed by atoms with Crippen molar-refractivity contribution in [1.29, 1.82) is 0 Å². The maximum Gasteiger partial charge on any atom is 0.459 e. The number of pyridine rings is 1. The fourth-order valence-corrected chi connectivity index (χ4v) is 3.67. The lowest BCUT2D eigenvalue weighted by Crippen LogP contribution is -2.56. The number of nitrogens with one attached hydrogen (secondary N) is 2. The van der Waals surface area contributed by atoms with Crippen LogP contribution in [0.1, 0.15) is 20.8 Å². The molecule has 0 saturated carbocycles. The van der Waals surface area contributed by atoms with Crippen molar-refractivity contribution in [2.75, 3.05) is 17.6 Å². The Bertz CT molecular complexity index is 1480. The molecule has 0 bridgehead atoms. The normalized spacial score (nSPS) is 12.3. The second-order valence-electron chi connectivity index (χ2n) is 8.01. The number of rotatable bonds is 7. The molecule has 0 spiro atoms. The molecule has 3 rings (SSSR count). The van der Waals surface area contributed by atoms with Gasteiger partial charge >= 0.3 is 18.0 Å². The lowest BCUT2D eigenvalue weighted by atomic mass is 10.0. The molecule has 0 saturated heterocycles. The van der Waals surface area contributed by atoms with Gasteiger partial charge in [-0.3, -0.25) is 9.59 Å². The molecule has 2 amide bonds. The highest BCUT2D eigenvalue weighted by Gasteiger charge is 2.72. The first-order chi connectivity index (χ1) is 18.4. The first kappa shape index (κ1) is 30.8. The smallest absolute Gasteiger partial charge is 0.398 e. The van der Waals surface area contributed by atoms with Gasteiger partial charge in [-0.15, -0.1) is 0 Å². The average Bonchev–Trinajstić information content (AvgIpc) is 2.83. The zero-order chi connectivity index (χ0) is 30.2. The number of hydrogen-bond donors (Lipinski definition) is 3. The zero-order valence-electron chi connectivity index (χ0n) is 19.2. The minimum absolute atomic E-state index is 0.0949. The summed E-state index contributed by atoms with van der Waals surface area (Å²) < 4.78 is 118. The zero-order valence-corrected chi connectivity index (χ0v) is 20.8. The SMILES string of the molecule is Nc1cc(F)ccc1-c1cc(Cl)c(C(=O)Nc2cnc(C(=O)NCC(F)(F)C(F)(F)C(F)(F)F)c(Cl)c2)cc1F. The van der Waals surface area contributed by atoms with Gasteiger partial charge in [-0.05, 0) is 36.4 Å². The van der Waals surface area contributed by atoms with Crippen LogP contribution in [0.2, 0.25) is 10.0 Å². The lowest BCUT2D eigenvalue weighted by Gasteiger charge is -2.28. The van der Waals surface area contributed by atoms with Crippen LogP contribution in [0.15, 0.2) is 42.6 Å². The Morgan fingerprint density at radius 1 is 0.875 bits per heavy atom. The van der Waals surface area contributed by atoms with Crippen molar-refractivity contribution >= 4 is 46.4 Å². The van der Waals surface area contributed by atoms with Gasteiger partial charge in [0.05, 0.1) is 34.0 Å². The Labute approximate surface area is 228 Å². The fourth-order valence-electron chi connectivity index (χ4n) is 3.17. The van der Waals surface area contributed by atoms with Crippen molar-refractivity contribution in [3.8, 4) is 11.1 Å². The van der Waals surface area contributed by atoms with Crippen LogP contribution in [-0.4, -0.2) is 41.4 Å². The van der Waals surface area contributed by atoms with Crippen molar-refractivity contribution in [3.05, 3.63) is 75.5 Å². The molecule has 17 heteroatoms. The molecule has 2 aromatic carbocycles. The molecule has 0 atom stereocenters. The van der Waals surface area contributed by atoms with Crippen molar-refractivity contribution in [3.63, 3.8) is 0 Å². The predicted octanol–water partition coefficient (Wildman–Crippen LogP) is 6.73. The standard InChI is InChI=1S/C23H13Cl2F9N4O2/c24-14-5-12(11-2-1-9(26)3-17(11)35)16(27)6-13(14)19(39)38-10-4-15(25)18(36-7-10)20(40)37-8-21(28,29)22(30,31)23(32,33)34/h1-7H,8,35H2,(H,37,40)(H,38,39). The number of alkyl halides is 7. The molecule has 214 valence electrons. The number of nitrogens with zero attached hydrogens (tertiary/aromatic N) is 1. The van der Waals surface area contributed by atoms with E-state index in [1.807, 2.05) is 0 Å². The number of anilines is 2. The second-order valence-corrected chi connectivity index (χ2v) is 8.83. The summed E-state index contributed by atoms with van der Waals surface area (Å²) in [7, 11) is 0. The largest absolute Gasteiger partial charge is 0.459 e. The van der Waals surface area contributed by atoms with Crippen LogP contribution in [-0.2, 0) is 0 Å². The Hall–Kier alpha value is -3.72. The molecule has 4 N–H and O–H groups in total. The molecule has 3 aromatic rings. The highest BCUT2D eigenvalue weighted by Crippen LogP contribution is 2.46. The summed E-state index contributed by atoms with van der Waals surface area (Å²) in [5, 5.41) is 2.52. The van der Waals surface area contributed by atoms with Crippen molar-refractivity contribution in [2.24, 2.45) is 0 Å². The highest BCUT2D eigenvalue weighted by molar-refractivity contribution is 6.35. The van der Waals surface area contributed by atoms with E-state index in [9.17, 15) is 49.1 Å².